The Morgan fingerprint density at radius 2 is 2.20 bits per heavy atom. The van der Waals surface area contributed by atoms with Crippen LogP contribution < -0.4 is 10.5 Å². The van der Waals surface area contributed by atoms with Crippen molar-refractivity contribution < 1.29 is 4.74 Å². The maximum absolute atomic E-state index is 5.61. The molecular weight excluding hydrogens is 208 g/mol. The third-order valence-electron chi connectivity index (χ3n) is 2.30. The minimum absolute atomic E-state index is 0.590. The number of anilines is 1. The first-order valence-electron chi connectivity index (χ1n) is 4.57. The number of thiazole rings is 1. The van der Waals surface area contributed by atoms with Crippen LogP contribution in [0, 0.1) is 6.92 Å². The van der Waals surface area contributed by atoms with Crippen LogP contribution in [0.15, 0.2) is 23.6 Å². The summed E-state index contributed by atoms with van der Waals surface area (Å²) in [7, 11) is 1.67. The van der Waals surface area contributed by atoms with Gasteiger partial charge in [0.1, 0.15) is 5.75 Å². The van der Waals surface area contributed by atoms with Gasteiger partial charge in [0.25, 0.3) is 0 Å². The molecule has 0 saturated carbocycles. The number of methoxy groups -OCH3 is 1. The van der Waals surface area contributed by atoms with Gasteiger partial charge in [-0.05, 0) is 13.0 Å². The summed E-state index contributed by atoms with van der Waals surface area (Å²) >= 11 is 1.45. The summed E-state index contributed by atoms with van der Waals surface area (Å²) in [6.45, 7) is 2.02. The van der Waals surface area contributed by atoms with Gasteiger partial charge in [-0.1, -0.05) is 12.1 Å². The van der Waals surface area contributed by atoms with Crippen molar-refractivity contribution in [3.05, 3.63) is 29.1 Å². The Hall–Kier alpha value is -1.55. The second kappa shape index (κ2) is 3.90. The van der Waals surface area contributed by atoms with Crippen molar-refractivity contribution in [2.45, 2.75) is 6.92 Å². The summed E-state index contributed by atoms with van der Waals surface area (Å²) in [4.78, 5) is 4.26. The minimum Gasteiger partial charge on any atom is -0.496 e. The molecule has 0 bridgehead atoms. The number of hydrogen-bond acceptors (Lipinski definition) is 4. The van der Waals surface area contributed by atoms with E-state index in [1.165, 1.54) is 11.3 Å². The third-order valence-corrected chi connectivity index (χ3v) is 2.98. The third kappa shape index (κ3) is 1.80. The minimum atomic E-state index is 0.590. The fraction of sp³-hybridized carbons (Fsp3) is 0.182. The van der Waals surface area contributed by atoms with Gasteiger partial charge in [-0.15, -0.1) is 11.3 Å². The molecule has 15 heavy (non-hydrogen) atoms. The van der Waals surface area contributed by atoms with Crippen LogP contribution in [0.5, 0.6) is 5.75 Å². The quantitative estimate of drug-likeness (QED) is 0.846. The van der Waals surface area contributed by atoms with Gasteiger partial charge in [0.2, 0.25) is 0 Å². The maximum Gasteiger partial charge on any atom is 0.180 e. The molecule has 0 spiro atoms. The van der Waals surface area contributed by atoms with Crippen LogP contribution >= 0.6 is 11.3 Å². The highest BCUT2D eigenvalue weighted by Gasteiger charge is 2.08. The fourth-order valence-corrected chi connectivity index (χ4v) is 2.09. The molecule has 0 aliphatic rings. The zero-order valence-corrected chi connectivity index (χ0v) is 9.47. The number of nitrogens with zero attached hydrogens (tertiary/aromatic N) is 1. The van der Waals surface area contributed by atoms with Gasteiger partial charge < -0.3 is 10.5 Å². The Labute approximate surface area is 92.5 Å². The standard InChI is InChI=1S/C11H12N2OS/c1-7-8(4-3-5-10(7)14-2)9-6-15-11(12)13-9/h3-6H,1-2H3,(H2,12,13). The van der Waals surface area contributed by atoms with Crippen LogP contribution in [0.4, 0.5) is 5.13 Å². The van der Waals surface area contributed by atoms with E-state index < -0.39 is 0 Å². The van der Waals surface area contributed by atoms with Gasteiger partial charge in [-0.2, -0.15) is 0 Å². The van der Waals surface area contributed by atoms with Crippen molar-refractivity contribution >= 4 is 16.5 Å². The summed E-state index contributed by atoms with van der Waals surface area (Å²) in [6, 6.07) is 5.91. The first-order chi connectivity index (χ1) is 7.22. The summed E-state index contributed by atoms with van der Waals surface area (Å²) < 4.78 is 5.26. The average molecular weight is 220 g/mol. The molecule has 0 unspecified atom stereocenters. The maximum atomic E-state index is 5.61. The van der Waals surface area contributed by atoms with Gasteiger partial charge in [0.05, 0.1) is 12.8 Å². The number of ether oxygens (including phenoxy) is 1. The summed E-state index contributed by atoms with van der Waals surface area (Å²) in [5, 5.41) is 2.55. The van der Waals surface area contributed by atoms with Crippen molar-refractivity contribution in [3.63, 3.8) is 0 Å². The van der Waals surface area contributed by atoms with Gasteiger partial charge >= 0.3 is 0 Å². The Kier molecular flexibility index (Phi) is 2.60. The van der Waals surface area contributed by atoms with E-state index in [1.807, 2.05) is 30.5 Å². The Balaban J connectivity index is 2.53. The molecule has 0 atom stereocenters. The highest BCUT2D eigenvalue weighted by atomic mass is 32.1. The molecule has 2 rings (SSSR count). The van der Waals surface area contributed by atoms with Gasteiger partial charge in [0.15, 0.2) is 5.13 Å². The van der Waals surface area contributed by atoms with Crippen molar-refractivity contribution in [3.8, 4) is 17.0 Å². The molecule has 4 heteroatoms. The van der Waals surface area contributed by atoms with Crippen LogP contribution in [0.25, 0.3) is 11.3 Å². The molecule has 0 aliphatic heterocycles. The molecule has 2 N–H and O–H groups in total. The summed E-state index contributed by atoms with van der Waals surface area (Å²) in [6.07, 6.45) is 0. The van der Waals surface area contributed by atoms with Crippen LogP contribution in [0.2, 0.25) is 0 Å². The molecule has 0 fully saturated rings. The topological polar surface area (TPSA) is 48.1 Å². The molecule has 3 nitrogen and oxygen atoms in total. The van der Waals surface area contributed by atoms with E-state index >= 15 is 0 Å². The molecule has 0 radical (unpaired) electrons. The lowest BCUT2D eigenvalue weighted by Crippen LogP contribution is -1.90. The van der Waals surface area contributed by atoms with Crippen LogP contribution in [0.1, 0.15) is 5.56 Å². The van der Waals surface area contributed by atoms with E-state index in [4.69, 9.17) is 10.5 Å². The highest BCUT2D eigenvalue weighted by Crippen LogP contribution is 2.30. The lowest BCUT2D eigenvalue weighted by Gasteiger charge is -2.07. The molecular formula is C11H12N2OS. The predicted molar refractivity (Wildman–Crippen MR) is 63.3 cm³/mol. The van der Waals surface area contributed by atoms with Crippen LogP contribution in [-0.4, -0.2) is 12.1 Å². The second-order valence-corrected chi connectivity index (χ2v) is 4.09. The Morgan fingerprint density at radius 3 is 2.80 bits per heavy atom. The first kappa shape index (κ1) is 9.98. The normalized spacial score (nSPS) is 10.3. The van der Waals surface area contributed by atoms with Crippen LogP contribution in [-0.2, 0) is 0 Å². The van der Waals surface area contributed by atoms with Crippen molar-refractivity contribution in [1.29, 1.82) is 0 Å². The van der Waals surface area contributed by atoms with Crippen molar-refractivity contribution in [1.82, 2.24) is 4.98 Å². The first-order valence-corrected chi connectivity index (χ1v) is 5.45. The van der Waals surface area contributed by atoms with Crippen molar-refractivity contribution in [2.24, 2.45) is 0 Å². The molecule has 0 saturated heterocycles. The molecule has 1 aromatic heterocycles. The number of aromatic nitrogens is 1. The lowest BCUT2D eigenvalue weighted by molar-refractivity contribution is 0.412. The van der Waals surface area contributed by atoms with Crippen LogP contribution in [0.3, 0.4) is 0 Å². The molecule has 1 aromatic carbocycles. The van der Waals surface area contributed by atoms with E-state index in [-0.39, 0.29) is 0 Å². The van der Waals surface area contributed by atoms with Gasteiger partial charge in [-0.3, -0.25) is 0 Å². The number of benzene rings is 1. The lowest BCUT2D eigenvalue weighted by atomic mass is 10.1. The Bertz CT molecular complexity index is 479. The fourth-order valence-electron chi connectivity index (χ4n) is 1.52. The Morgan fingerprint density at radius 1 is 1.40 bits per heavy atom. The number of nitrogen functional groups attached to an aromatic ring is 1. The number of rotatable bonds is 2. The van der Waals surface area contributed by atoms with E-state index in [2.05, 4.69) is 4.98 Å². The second-order valence-electron chi connectivity index (χ2n) is 3.20. The smallest absolute Gasteiger partial charge is 0.180 e. The molecule has 0 aliphatic carbocycles. The van der Waals surface area contributed by atoms with Crippen molar-refractivity contribution in [2.75, 3.05) is 12.8 Å². The summed E-state index contributed by atoms with van der Waals surface area (Å²) in [5.41, 5.74) is 8.68. The van der Waals surface area contributed by atoms with Gasteiger partial charge in [0, 0.05) is 16.5 Å². The molecule has 0 amide bonds. The largest absolute Gasteiger partial charge is 0.496 e. The molecule has 78 valence electrons. The predicted octanol–water partition coefficient (Wildman–Crippen LogP) is 2.71. The SMILES string of the molecule is COc1cccc(-c2csc(N)n2)c1C. The van der Waals surface area contributed by atoms with E-state index in [0.29, 0.717) is 5.13 Å². The summed E-state index contributed by atoms with van der Waals surface area (Å²) in [5.74, 6) is 0.874. The average Bonchev–Trinajstić information content (AvgIpc) is 2.65. The number of nitrogens with two attached hydrogens (primary N) is 1. The zero-order chi connectivity index (χ0) is 10.8. The van der Waals surface area contributed by atoms with E-state index in [9.17, 15) is 0 Å². The van der Waals surface area contributed by atoms with E-state index in [1.54, 1.807) is 7.11 Å². The van der Waals surface area contributed by atoms with E-state index in [0.717, 1.165) is 22.6 Å². The monoisotopic (exact) mass is 220 g/mol. The van der Waals surface area contributed by atoms with Gasteiger partial charge in [-0.25, -0.2) is 4.98 Å². The molecule has 1 heterocycles. The highest BCUT2D eigenvalue weighted by molar-refractivity contribution is 7.13. The number of hydrogen-bond donors (Lipinski definition) is 1. The zero-order valence-electron chi connectivity index (χ0n) is 8.65. The molecule has 2 aromatic rings.